The van der Waals surface area contributed by atoms with Crippen LogP contribution < -0.4 is 10.5 Å². The van der Waals surface area contributed by atoms with Gasteiger partial charge in [0.25, 0.3) is 0 Å². The third-order valence-electron chi connectivity index (χ3n) is 5.76. The van der Waals surface area contributed by atoms with Crippen molar-refractivity contribution in [2.45, 2.75) is 29.8 Å². The summed E-state index contributed by atoms with van der Waals surface area (Å²) < 4.78 is 7.07. The van der Waals surface area contributed by atoms with Crippen LogP contribution >= 0.6 is 23.5 Å². The van der Waals surface area contributed by atoms with Crippen molar-refractivity contribution in [3.8, 4) is 5.75 Å². The van der Waals surface area contributed by atoms with Gasteiger partial charge in [-0.15, -0.1) is 28.6 Å². The Morgan fingerprint density at radius 1 is 1.27 bits per heavy atom. The number of pyridine rings is 1. The number of hydrogen-bond donors (Lipinski definition) is 1. The van der Waals surface area contributed by atoms with Crippen molar-refractivity contribution in [3.05, 3.63) is 65.2 Å². The van der Waals surface area contributed by atoms with Crippen LogP contribution in [0.25, 0.3) is 5.70 Å². The number of nitrogens with two attached hydrogens (primary N) is 1. The van der Waals surface area contributed by atoms with Gasteiger partial charge in [0.2, 0.25) is 5.91 Å². The van der Waals surface area contributed by atoms with Crippen molar-refractivity contribution in [1.82, 2.24) is 30.1 Å². The lowest BCUT2D eigenvalue weighted by molar-refractivity contribution is -0.139. The highest BCUT2D eigenvalue weighted by atomic mass is 32.2. The molecule has 0 aliphatic carbocycles. The van der Waals surface area contributed by atoms with E-state index in [1.807, 2.05) is 37.3 Å². The topological polar surface area (TPSA) is 112 Å². The number of amides is 1. The summed E-state index contributed by atoms with van der Waals surface area (Å²) in [6.45, 7) is 2.52. The van der Waals surface area contributed by atoms with Crippen LogP contribution in [0, 0.1) is 6.92 Å². The van der Waals surface area contributed by atoms with E-state index in [0.29, 0.717) is 18.1 Å². The van der Waals surface area contributed by atoms with Gasteiger partial charge < -0.3 is 10.5 Å². The number of thioether (sulfide) groups is 2. The molecule has 4 heterocycles. The Labute approximate surface area is 199 Å². The van der Waals surface area contributed by atoms with E-state index in [4.69, 9.17) is 10.5 Å². The lowest BCUT2D eigenvalue weighted by Crippen LogP contribution is -2.67. The smallest absolute Gasteiger partial charge is 0.248 e. The molecule has 0 radical (unpaired) electrons. The van der Waals surface area contributed by atoms with E-state index >= 15 is 0 Å². The first-order chi connectivity index (χ1) is 16.1. The van der Waals surface area contributed by atoms with Crippen LogP contribution in [0.15, 0.2) is 53.2 Å². The van der Waals surface area contributed by atoms with Gasteiger partial charge in [-0.2, -0.15) is 0 Å². The minimum absolute atomic E-state index is 0.0879. The molecule has 5 rings (SSSR count). The van der Waals surface area contributed by atoms with Crippen LogP contribution in [-0.4, -0.2) is 66.0 Å². The number of carbonyl (C=O) groups excluding carboxylic acids is 1. The molecule has 0 saturated carbocycles. The van der Waals surface area contributed by atoms with Gasteiger partial charge in [-0.3, -0.25) is 14.7 Å². The Bertz CT molecular complexity index is 1210. The molecule has 1 aromatic carbocycles. The summed E-state index contributed by atoms with van der Waals surface area (Å²) in [5.74, 6) is 2.78. The average Bonchev–Trinajstić information content (AvgIpc) is 3.31. The van der Waals surface area contributed by atoms with Crippen molar-refractivity contribution in [3.63, 3.8) is 0 Å². The minimum Gasteiger partial charge on any atom is -0.497 e. The summed E-state index contributed by atoms with van der Waals surface area (Å²) in [5.41, 5.74) is 10.1. The second-order valence-electron chi connectivity index (χ2n) is 7.81. The van der Waals surface area contributed by atoms with Crippen LogP contribution in [-0.2, 0) is 11.3 Å². The number of fused-ring (bicyclic) bond motifs is 1. The Morgan fingerprint density at radius 3 is 2.85 bits per heavy atom. The largest absolute Gasteiger partial charge is 0.497 e. The molecule has 2 N–H and O–H groups in total. The van der Waals surface area contributed by atoms with Gasteiger partial charge in [-0.05, 0) is 58.3 Å². The van der Waals surface area contributed by atoms with Gasteiger partial charge in [0.1, 0.15) is 17.2 Å². The quantitative estimate of drug-likeness (QED) is 0.401. The van der Waals surface area contributed by atoms with Crippen molar-refractivity contribution < 1.29 is 9.53 Å². The fourth-order valence-corrected chi connectivity index (χ4v) is 6.24. The third-order valence-corrected chi connectivity index (χ3v) is 8.22. The van der Waals surface area contributed by atoms with E-state index in [1.54, 1.807) is 52.6 Å². The zero-order valence-corrected chi connectivity index (χ0v) is 19.8. The molecule has 11 heteroatoms. The van der Waals surface area contributed by atoms with Gasteiger partial charge in [0.15, 0.2) is 5.82 Å². The maximum absolute atomic E-state index is 12.8. The summed E-state index contributed by atoms with van der Waals surface area (Å²) in [6, 6.07) is 9.38. The van der Waals surface area contributed by atoms with Crippen molar-refractivity contribution in [2.24, 2.45) is 5.73 Å². The monoisotopic (exact) mass is 481 g/mol. The van der Waals surface area contributed by atoms with Gasteiger partial charge in [-0.25, -0.2) is 4.68 Å². The maximum Gasteiger partial charge on any atom is 0.248 e. The van der Waals surface area contributed by atoms with Gasteiger partial charge in [0, 0.05) is 28.8 Å². The van der Waals surface area contributed by atoms with E-state index in [0.717, 1.165) is 38.8 Å². The lowest BCUT2D eigenvalue weighted by Gasteiger charge is -2.48. The number of methoxy groups -OCH3 is 1. The molecule has 0 bridgehead atoms. The maximum atomic E-state index is 12.8. The molecule has 2 atom stereocenters. The number of carbonyl (C=O) groups is 1. The standard InChI is InChI=1S/C22H23N7O2S2/c1-13-9-16(31-2)4-3-14(13)10-28-20(25-26-27-28)19-15(11-32-17-5-7-24-8-6-17)12-33-22-18(23)21(30)29(19)22/h3-9,18,22H,10-12,23H2,1-2H3/t18-,22-/m1/s1. The molecular formula is C22H23N7O2S2. The van der Waals surface area contributed by atoms with Crippen molar-refractivity contribution in [1.29, 1.82) is 0 Å². The van der Waals surface area contributed by atoms with Crippen LogP contribution in [0.3, 0.4) is 0 Å². The molecule has 170 valence electrons. The summed E-state index contributed by atoms with van der Waals surface area (Å²) in [5, 5.41) is 12.5. The normalized spacial score (nSPS) is 20.0. The van der Waals surface area contributed by atoms with E-state index in [9.17, 15) is 4.79 Å². The van der Waals surface area contributed by atoms with Crippen molar-refractivity contribution in [2.75, 3.05) is 18.6 Å². The predicted octanol–water partition coefficient (Wildman–Crippen LogP) is 2.18. The number of ether oxygens (including phenoxy) is 1. The highest BCUT2D eigenvalue weighted by Crippen LogP contribution is 2.44. The Kier molecular flexibility index (Phi) is 6.09. The summed E-state index contributed by atoms with van der Waals surface area (Å²) in [4.78, 5) is 19.7. The second-order valence-corrected chi connectivity index (χ2v) is 9.97. The average molecular weight is 482 g/mol. The lowest BCUT2D eigenvalue weighted by atomic mass is 10.0. The first kappa shape index (κ1) is 21.9. The first-order valence-corrected chi connectivity index (χ1v) is 12.5. The third kappa shape index (κ3) is 4.11. The molecule has 2 aromatic heterocycles. The summed E-state index contributed by atoms with van der Waals surface area (Å²) in [7, 11) is 1.65. The predicted molar refractivity (Wildman–Crippen MR) is 128 cm³/mol. The van der Waals surface area contributed by atoms with Crippen LogP contribution in [0.1, 0.15) is 17.0 Å². The summed E-state index contributed by atoms with van der Waals surface area (Å²) >= 11 is 3.39. The van der Waals surface area contributed by atoms with E-state index < -0.39 is 6.04 Å². The zero-order valence-electron chi connectivity index (χ0n) is 18.2. The minimum atomic E-state index is -0.493. The highest BCUT2D eigenvalue weighted by Gasteiger charge is 2.51. The molecule has 1 saturated heterocycles. The molecule has 0 spiro atoms. The fourth-order valence-electron chi connectivity index (χ4n) is 3.92. The number of hydrogen-bond acceptors (Lipinski definition) is 9. The number of aromatic nitrogens is 5. The number of tetrazole rings is 1. The number of β-lactam (4-membered cyclic amide) rings is 1. The molecule has 2 aliphatic rings. The zero-order chi connectivity index (χ0) is 22.9. The van der Waals surface area contributed by atoms with Crippen LogP contribution in [0.5, 0.6) is 5.75 Å². The van der Waals surface area contributed by atoms with Gasteiger partial charge in [-0.1, -0.05) is 6.07 Å². The number of benzene rings is 1. The Morgan fingerprint density at radius 2 is 2.09 bits per heavy atom. The van der Waals surface area contributed by atoms with E-state index in [-0.39, 0.29) is 11.3 Å². The molecule has 1 amide bonds. The van der Waals surface area contributed by atoms with E-state index in [1.165, 1.54) is 0 Å². The Hall–Kier alpha value is -2.89. The first-order valence-electron chi connectivity index (χ1n) is 10.4. The number of rotatable bonds is 7. The molecule has 1 fully saturated rings. The van der Waals surface area contributed by atoms with Crippen LogP contribution in [0.2, 0.25) is 0 Å². The fraction of sp³-hybridized carbons (Fsp3) is 0.318. The Balaban J connectivity index is 1.49. The van der Waals surface area contributed by atoms with Gasteiger partial charge in [0.05, 0.1) is 19.4 Å². The molecule has 9 nitrogen and oxygen atoms in total. The molecular weight excluding hydrogens is 458 g/mol. The van der Waals surface area contributed by atoms with Crippen LogP contribution in [0.4, 0.5) is 0 Å². The molecule has 33 heavy (non-hydrogen) atoms. The molecule has 0 unspecified atom stereocenters. The second kappa shape index (κ2) is 9.16. The van der Waals surface area contributed by atoms with E-state index in [2.05, 4.69) is 20.5 Å². The number of aryl methyl sites for hydroxylation is 1. The SMILES string of the molecule is COc1ccc(Cn2nnnc2C2=C(CSc3ccncc3)CS[C@@H]3[C@H](N)C(=O)N23)c(C)c1. The summed E-state index contributed by atoms with van der Waals surface area (Å²) in [6.07, 6.45) is 3.55. The molecule has 2 aliphatic heterocycles. The van der Waals surface area contributed by atoms with Gasteiger partial charge >= 0.3 is 0 Å². The number of nitrogens with zero attached hydrogens (tertiary/aromatic N) is 6. The molecule has 3 aromatic rings. The van der Waals surface area contributed by atoms with Crippen molar-refractivity contribution >= 4 is 35.1 Å². The highest BCUT2D eigenvalue weighted by molar-refractivity contribution is 8.01.